The molecule has 0 fully saturated rings. The Morgan fingerprint density at radius 3 is 2.72 bits per heavy atom. The van der Waals surface area contributed by atoms with Crippen molar-refractivity contribution in [1.29, 1.82) is 0 Å². The number of rotatable bonds is 1. The lowest BCUT2D eigenvalue weighted by Crippen LogP contribution is -1.98. The van der Waals surface area contributed by atoms with Crippen LogP contribution in [0.4, 0.5) is 5.82 Å². The smallest absolute Gasteiger partial charge is 0.129 e. The van der Waals surface area contributed by atoms with Crippen LogP contribution in [0.5, 0.6) is 0 Å². The number of anilines is 1. The van der Waals surface area contributed by atoms with E-state index >= 15 is 0 Å². The van der Waals surface area contributed by atoms with Crippen LogP contribution in [0.15, 0.2) is 36.8 Å². The molecule has 0 saturated heterocycles. The number of benzene rings is 1. The number of hydrogen-bond donors (Lipinski definition) is 1. The molecule has 0 aliphatic heterocycles. The summed E-state index contributed by atoms with van der Waals surface area (Å²) < 4.78 is 1.67. The van der Waals surface area contributed by atoms with Gasteiger partial charge in [-0.3, -0.25) is 9.67 Å². The van der Waals surface area contributed by atoms with E-state index in [0.717, 1.165) is 16.5 Å². The van der Waals surface area contributed by atoms with E-state index in [1.165, 1.54) is 10.9 Å². The zero-order chi connectivity index (χ0) is 12.7. The van der Waals surface area contributed by atoms with E-state index < -0.39 is 0 Å². The molecule has 0 spiro atoms. The van der Waals surface area contributed by atoms with Crippen LogP contribution >= 0.6 is 0 Å². The lowest BCUT2D eigenvalue weighted by Gasteiger charge is -2.05. The van der Waals surface area contributed by atoms with Crippen molar-refractivity contribution < 1.29 is 0 Å². The maximum absolute atomic E-state index is 5.99. The number of fused-ring (bicyclic) bond motifs is 1. The largest absolute Gasteiger partial charge is 0.383 e. The molecule has 3 rings (SSSR count). The van der Waals surface area contributed by atoms with Gasteiger partial charge in [-0.25, -0.2) is 0 Å². The van der Waals surface area contributed by atoms with Gasteiger partial charge < -0.3 is 5.73 Å². The first-order chi connectivity index (χ1) is 8.66. The second kappa shape index (κ2) is 3.84. The summed E-state index contributed by atoms with van der Waals surface area (Å²) in [5.74, 6) is 0.676. The molecule has 4 heteroatoms. The van der Waals surface area contributed by atoms with Crippen LogP contribution in [-0.4, -0.2) is 14.8 Å². The molecule has 2 N–H and O–H groups in total. The quantitative estimate of drug-likeness (QED) is 0.708. The van der Waals surface area contributed by atoms with Gasteiger partial charge in [-0.2, -0.15) is 5.10 Å². The summed E-state index contributed by atoms with van der Waals surface area (Å²) in [4.78, 5) is 4.22. The molecule has 0 amide bonds. The number of hydrogen-bond acceptors (Lipinski definition) is 3. The predicted molar refractivity (Wildman–Crippen MR) is 73.1 cm³/mol. The second-order valence-corrected chi connectivity index (χ2v) is 4.46. The molecule has 0 saturated carbocycles. The Hall–Kier alpha value is -2.36. The van der Waals surface area contributed by atoms with Crippen molar-refractivity contribution in [1.82, 2.24) is 14.8 Å². The molecule has 2 aromatic heterocycles. The molecule has 0 radical (unpaired) electrons. The summed E-state index contributed by atoms with van der Waals surface area (Å²) in [7, 11) is 1.84. The van der Waals surface area contributed by atoms with Gasteiger partial charge in [0.25, 0.3) is 0 Å². The Morgan fingerprint density at radius 1 is 1.17 bits per heavy atom. The van der Waals surface area contributed by atoms with Crippen LogP contribution in [0.3, 0.4) is 0 Å². The summed E-state index contributed by atoms with van der Waals surface area (Å²) in [5.41, 5.74) is 9.20. The SMILES string of the molecule is Cc1cncc2cc(-c3cnn(C)c3N)ccc12. The third kappa shape index (κ3) is 1.54. The van der Waals surface area contributed by atoms with E-state index in [1.54, 1.807) is 10.9 Å². The van der Waals surface area contributed by atoms with Crippen molar-refractivity contribution >= 4 is 16.6 Å². The molecule has 0 unspecified atom stereocenters. The molecule has 2 heterocycles. The highest BCUT2D eigenvalue weighted by molar-refractivity contribution is 5.90. The normalized spacial score (nSPS) is 11.0. The van der Waals surface area contributed by atoms with Crippen LogP contribution < -0.4 is 5.73 Å². The fraction of sp³-hybridized carbons (Fsp3) is 0.143. The number of nitrogens with two attached hydrogens (primary N) is 1. The van der Waals surface area contributed by atoms with E-state index in [9.17, 15) is 0 Å². The Labute approximate surface area is 105 Å². The first-order valence-corrected chi connectivity index (χ1v) is 5.79. The minimum Gasteiger partial charge on any atom is -0.383 e. The Kier molecular flexibility index (Phi) is 2.30. The molecular formula is C14H14N4. The van der Waals surface area contributed by atoms with Gasteiger partial charge in [0.2, 0.25) is 0 Å². The highest BCUT2D eigenvalue weighted by Gasteiger charge is 2.08. The molecule has 4 nitrogen and oxygen atoms in total. The Bertz CT molecular complexity index is 728. The van der Waals surface area contributed by atoms with Gasteiger partial charge in [0.15, 0.2) is 0 Å². The fourth-order valence-corrected chi connectivity index (χ4v) is 2.16. The van der Waals surface area contributed by atoms with Crippen molar-refractivity contribution in [2.75, 3.05) is 5.73 Å². The highest BCUT2D eigenvalue weighted by Crippen LogP contribution is 2.28. The topological polar surface area (TPSA) is 56.7 Å². The van der Waals surface area contributed by atoms with Gasteiger partial charge >= 0.3 is 0 Å². The minimum atomic E-state index is 0.676. The standard InChI is InChI=1S/C14H14N4/c1-9-6-16-7-11-5-10(3-4-12(9)11)13-8-17-18(2)14(13)15/h3-8H,15H2,1-2H3. The first kappa shape index (κ1) is 10.8. The summed E-state index contributed by atoms with van der Waals surface area (Å²) in [6.07, 6.45) is 5.54. The van der Waals surface area contributed by atoms with Gasteiger partial charge in [-0.15, -0.1) is 0 Å². The Morgan fingerprint density at radius 2 is 2.00 bits per heavy atom. The maximum Gasteiger partial charge on any atom is 0.129 e. The van der Waals surface area contributed by atoms with E-state index in [2.05, 4.69) is 35.2 Å². The fourth-order valence-electron chi connectivity index (χ4n) is 2.16. The summed E-state index contributed by atoms with van der Waals surface area (Å²) in [5, 5.41) is 6.51. The van der Waals surface area contributed by atoms with Crippen LogP contribution in [0, 0.1) is 6.92 Å². The molecule has 0 bridgehead atoms. The molecule has 18 heavy (non-hydrogen) atoms. The van der Waals surface area contributed by atoms with E-state index in [1.807, 2.05) is 19.4 Å². The Balaban J connectivity index is 2.23. The minimum absolute atomic E-state index is 0.676. The van der Waals surface area contributed by atoms with E-state index in [4.69, 9.17) is 5.73 Å². The number of nitrogens with zero attached hydrogens (tertiary/aromatic N) is 3. The average molecular weight is 238 g/mol. The maximum atomic E-state index is 5.99. The summed E-state index contributed by atoms with van der Waals surface area (Å²) in [6.45, 7) is 2.06. The molecule has 90 valence electrons. The van der Waals surface area contributed by atoms with Gasteiger partial charge in [0, 0.05) is 30.4 Å². The third-order valence-electron chi connectivity index (χ3n) is 3.25. The molecule has 1 aromatic carbocycles. The van der Waals surface area contributed by atoms with Crippen molar-refractivity contribution in [2.24, 2.45) is 7.05 Å². The average Bonchev–Trinajstić information content (AvgIpc) is 2.70. The summed E-state index contributed by atoms with van der Waals surface area (Å²) >= 11 is 0. The first-order valence-electron chi connectivity index (χ1n) is 5.79. The van der Waals surface area contributed by atoms with Crippen LogP contribution in [0.25, 0.3) is 21.9 Å². The van der Waals surface area contributed by atoms with Crippen molar-refractivity contribution in [3.63, 3.8) is 0 Å². The van der Waals surface area contributed by atoms with E-state index in [-0.39, 0.29) is 0 Å². The molecular weight excluding hydrogens is 224 g/mol. The number of pyridine rings is 1. The molecule has 3 aromatic rings. The van der Waals surface area contributed by atoms with E-state index in [0.29, 0.717) is 5.82 Å². The number of aromatic nitrogens is 3. The highest BCUT2D eigenvalue weighted by atomic mass is 15.3. The molecule has 0 aliphatic rings. The van der Waals surface area contributed by atoms with Crippen molar-refractivity contribution in [3.8, 4) is 11.1 Å². The zero-order valence-corrected chi connectivity index (χ0v) is 10.4. The lowest BCUT2D eigenvalue weighted by atomic mass is 10.0. The van der Waals surface area contributed by atoms with Crippen molar-refractivity contribution in [2.45, 2.75) is 6.92 Å². The second-order valence-electron chi connectivity index (χ2n) is 4.46. The van der Waals surface area contributed by atoms with Gasteiger partial charge in [0.05, 0.1) is 6.20 Å². The predicted octanol–water partition coefficient (Wildman–Crippen LogP) is 2.53. The monoisotopic (exact) mass is 238 g/mol. The lowest BCUT2D eigenvalue weighted by molar-refractivity contribution is 0.779. The zero-order valence-electron chi connectivity index (χ0n) is 10.4. The van der Waals surface area contributed by atoms with Crippen LogP contribution in [-0.2, 0) is 7.05 Å². The van der Waals surface area contributed by atoms with Gasteiger partial charge in [-0.1, -0.05) is 12.1 Å². The molecule has 0 atom stereocenters. The third-order valence-corrected chi connectivity index (χ3v) is 3.25. The number of aryl methyl sites for hydroxylation is 2. The van der Waals surface area contributed by atoms with Gasteiger partial charge in [-0.05, 0) is 29.5 Å². The number of nitrogen functional groups attached to an aromatic ring is 1. The summed E-state index contributed by atoms with van der Waals surface area (Å²) in [6, 6.07) is 6.28. The van der Waals surface area contributed by atoms with Gasteiger partial charge in [0.1, 0.15) is 5.82 Å². The molecule has 0 aliphatic carbocycles. The van der Waals surface area contributed by atoms with Crippen LogP contribution in [0.2, 0.25) is 0 Å². The van der Waals surface area contributed by atoms with Crippen LogP contribution in [0.1, 0.15) is 5.56 Å². The van der Waals surface area contributed by atoms with Crippen molar-refractivity contribution in [3.05, 3.63) is 42.4 Å².